The van der Waals surface area contributed by atoms with Crippen molar-refractivity contribution in [3.05, 3.63) is 0 Å². The molecule has 1 aliphatic heterocycles. The van der Waals surface area contributed by atoms with Crippen molar-refractivity contribution in [1.29, 1.82) is 0 Å². The van der Waals surface area contributed by atoms with Gasteiger partial charge in [-0.3, -0.25) is 0 Å². The molecule has 1 rings (SSSR count). The molecule has 0 aliphatic carbocycles. The summed E-state index contributed by atoms with van der Waals surface area (Å²) in [6, 6.07) is 0. The molecule has 0 unspecified atom stereocenters. The van der Waals surface area contributed by atoms with Crippen LogP contribution >= 0.6 is 0 Å². The van der Waals surface area contributed by atoms with Crippen LogP contribution in [0.25, 0.3) is 0 Å². The van der Waals surface area contributed by atoms with Gasteiger partial charge in [-0.05, 0) is 18.9 Å². The predicted molar refractivity (Wildman–Crippen MR) is 31.5 cm³/mol. The van der Waals surface area contributed by atoms with Gasteiger partial charge in [0.05, 0.1) is 0 Å². The molecule has 1 heterocycles. The SMILES string of the molecule is C[C@@H]1CNC[C@H](F)C1. The van der Waals surface area contributed by atoms with E-state index in [1.54, 1.807) is 0 Å². The Bertz CT molecular complexity index is 66.9. The summed E-state index contributed by atoms with van der Waals surface area (Å²) in [6.45, 7) is 3.61. The number of halogens is 1. The van der Waals surface area contributed by atoms with Crippen LogP contribution in [0.2, 0.25) is 0 Å². The third-order valence-electron chi connectivity index (χ3n) is 1.52. The van der Waals surface area contributed by atoms with Crippen molar-refractivity contribution in [2.45, 2.75) is 19.5 Å². The van der Waals surface area contributed by atoms with Crippen LogP contribution in [0.4, 0.5) is 4.39 Å². The standard InChI is InChI=1S/C6H12FN/c1-5-2-6(7)4-8-3-5/h5-6,8H,2-4H2,1H3/t5-,6+/m0/s1. The minimum absolute atomic E-state index is 0.527. The molecule has 48 valence electrons. The summed E-state index contributed by atoms with van der Waals surface area (Å²) in [5, 5.41) is 3.01. The largest absolute Gasteiger partial charge is 0.314 e. The first kappa shape index (κ1) is 6.02. The Kier molecular flexibility index (Phi) is 1.84. The fourth-order valence-corrected chi connectivity index (χ4v) is 1.09. The highest BCUT2D eigenvalue weighted by Crippen LogP contribution is 2.11. The van der Waals surface area contributed by atoms with E-state index < -0.39 is 6.17 Å². The molecule has 1 N–H and O–H groups in total. The summed E-state index contributed by atoms with van der Waals surface area (Å²) >= 11 is 0. The topological polar surface area (TPSA) is 12.0 Å². The smallest absolute Gasteiger partial charge is 0.113 e. The zero-order valence-corrected chi connectivity index (χ0v) is 5.15. The first-order valence-electron chi connectivity index (χ1n) is 3.14. The molecule has 0 aromatic heterocycles. The van der Waals surface area contributed by atoms with Crippen LogP contribution in [0.15, 0.2) is 0 Å². The van der Waals surface area contributed by atoms with Crippen LogP contribution in [-0.4, -0.2) is 19.3 Å². The first-order chi connectivity index (χ1) is 3.79. The maximum atomic E-state index is 12.4. The minimum Gasteiger partial charge on any atom is -0.314 e. The second-order valence-electron chi connectivity index (χ2n) is 2.60. The molecule has 2 atom stereocenters. The predicted octanol–water partition coefficient (Wildman–Crippen LogP) is 0.954. The first-order valence-corrected chi connectivity index (χ1v) is 3.14. The van der Waals surface area contributed by atoms with E-state index in [0.717, 1.165) is 13.0 Å². The van der Waals surface area contributed by atoms with Crippen molar-refractivity contribution >= 4 is 0 Å². The van der Waals surface area contributed by atoms with E-state index in [2.05, 4.69) is 12.2 Å². The number of hydrogen-bond acceptors (Lipinski definition) is 1. The summed E-state index contributed by atoms with van der Waals surface area (Å²) < 4.78 is 12.4. The highest BCUT2D eigenvalue weighted by Gasteiger charge is 2.16. The molecule has 1 nitrogen and oxygen atoms in total. The van der Waals surface area contributed by atoms with E-state index in [1.807, 2.05) is 0 Å². The Balaban J connectivity index is 2.23. The van der Waals surface area contributed by atoms with Crippen molar-refractivity contribution in [3.8, 4) is 0 Å². The Morgan fingerprint density at radius 1 is 1.50 bits per heavy atom. The summed E-state index contributed by atoms with van der Waals surface area (Å²) in [5.41, 5.74) is 0. The normalized spacial score (nSPS) is 39.8. The molecule has 2 heteroatoms. The van der Waals surface area contributed by atoms with Crippen LogP contribution < -0.4 is 5.32 Å². The Morgan fingerprint density at radius 3 is 2.62 bits per heavy atom. The van der Waals surface area contributed by atoms with Crippen molar-refractivity contribution in [1.82, 2.24) is 5.32 Å². The van der Waals surface area contributed by atoms with Gasteiger partial charge in [-0.15, -0.1) is 0 Å². The van der Waals surface area contributed by atoms with Gasteiger partial charge < -0.3 is 5.32 Å². The molecule has 0 saturated carbocycles. The quantitative estimate of drug-likeness (QED) is 0.498. The third-order valence-corrected chi connectivity index (χ3v) is 1.52. The zero-order chi connectivity index (χ0) is 5.98. The van der Waals surface area contributed by atoms with Gasteiger partial charge >= 0.3 is 0 Å². The molecule has 1 fully saturated rings. The molecule has 0 spiro atoms. The molecule has 1 saturated heterocycles. The summed E-state index contributed by atoms with van der Waals surface area (Å²) in [7, 11) is 0. The van der Waals surface area contributed by atoms with Crippen LogP contribution in [-0.2, 0) is 0 Å². The van der Waals surface area contributed by atoms with Gasteiger partial charge in [0.1, 0.15) is 6.17 Å². The van der Waals surface area contributed by atoms with Crippen LogP contribution in [0, 0.1) is 5.92 Å². The van der Waals surface area contributed by atoms with E-state index in [4.69, 9.17) is 0 Å². The minimum atomic E-state index is -0.598. The Hall–Kier alpha value is -0.110. The lowest BCUT2D eigenvalue weighted by Crippen LogP contribution is -2.35. The van der Waals surface area contributed by atoms with Gasteiger partial charge in [0.2, 0.25) is 0 Å². The highest BCUT2D eigenvalue weighted by atomic mass is 19.1. The van der Waals surface area contributed by atoms with E-state index in [1.165, 1.54) is 0 Å². The van der Waals surface area contributed by atoms with Crippen LogP contribution in [0.1, 0.15) is 13.3 Å². The number of nitrogens with one attached hydrogen (secondary N) is 1. The number of rotatable bonds is 0. The Morgan fingerprint density at radius 2 is 2.25 bits per heavy atom. The molecule has 0 bridgehead atoms. The fraction of sp³-hybridized carbons (Fsp3) is 1.00. The van der Waals surface area contributed by atoms with Gasteiger partial charge in [-0.2, -0.15) is 0 Å². The van der Waals surface area contributed by atoms with E-state index in [0.29, 0.717) is 12.5 Å². The average molecular weight is 117 g/mol. The van der Waals surface area contributed by atoms with E-state index in [9.17, 15) is 4.39 Å². The molecule has 0 radical (unpaired) electrons. The maximum Gasteiger partial charge on any atom is 0.113 e. The molecular formula is C6H12FN. The second-order valence-corrected chi connectivity index (χ2v) is 2.60. The molecule has 1 aliphatic rings. The Labute approximate surface area is 49.3 Å². The molecule has 0 aromatic rings. The number of hydrogen-bond donors (Lipinski definition) is 1. The lowest BCUT2D eigenvalue weighted by atomic mass is 10.0. The van der Waals surface area contributed by atoms with Gasteiger partial charge in [-0.25, -0.2) is 4.39 Å². The van der Waals surface area contributed by atoms with Crippen molar-refractivity contribution in [3.63, 3.8) is 0 Å². The van der Waals surface area contributed by atoms with Gasteiger partial charge in [0.25, 0.3) is 0 Å². The van der Waals surface area contributed by atoms with Crippen LogP contribution in [0.5, 0.6) is 0 Å². The van der Waals surface area contributed by atoms with Crippen LogP contribution in [0.3, 0.4) is 0 Å². The monoisotopic (exact) mass is 117 g/mol. The fourth-order valence-electron chi connectivity index (χ4n) is 1.09. The molecule has 8 heavy (non-hydrogen) atoms. The summed E-state index contributed by atoms with van der Waals surface area (Å²) in [4.78, 5) is 0. The van der Waals surface area contributed by atoms with Gasteiger partial charge in [0, 0.05) is 6.54 Å². The van der Waals surface area contributed by atoms with Gasteiger partial charge in [-0.1, -0.05) is 6.92 Å². The van der Waals surface area contributed by atoms with Crippen molar-refractivity contribution in [2.75, 3.05) is 13.1 Å². The van der Waals surface area contributed by atoms with Gasteiger partial charge in [0.15, 0.2) is 0 Å². The number of alkyl halides is 1. The second kappa shape index (κ2) is 2.44. The maximum absolute atomic E-state index is 12.4. The molecule has 0 amide bonds. The molecular weight excluding hydrogens is 105 g/mol. The summed E-state index contributed by atoms with van der Waals surface area (Å²) in [5.74, 6) is 0.527. The van der Waals surface area contributed by atoms with Crippen molar-refractivity contribution < 1.29 is 4.39 Å². The molecule has 0 aromatic carbocycles. The zero-order valence-electron chi connectivity index (χ0n) is 5.15. The average Bonchev–Trinajstić information content (AvgIpc) is 1.64. The third kappa shape index (κ3) is 1.44. The lowest BCUT2D eigenvalue weighted by molar-refractivity contribution is 0.224. The number of piperidine rings is 1. The van der Waals surface area contributed by atoms with E-state index in [-0.39, 0.29) is 0 Å². The highest BCUT2D eigenvalue weighted by molar-refractivity contribution is 4.71. The lowest BCUT2D eigenvalue weighted by Gasteiger charge is -2.21. The van der Waals surface area contributed by atoms with Crippen molar-refractivity contribution in [2.24, 2.45) is 5.92 Å². The summed E-state index contributed by atoms with van der Waals surface area (Å²) in [6.07, 6.45) is 0.145. The van der Waals surface area contributed by atoms with E-state index >= 15 is 0 Å².